The number of nitrogens with two attached hydrogens (primary N) is 1. The zero-order chi connectivity index (χ0) is 13.7. The van der Waals surface area contributed by atoms with Crippen molar-refractivity contribution >= 4 is 30.0 Å². The number of carbonyl (C=O) groups excluding carboxylic acids is 2. The van der Waals surface area contributed by atoms with Gasteiger partial charge in [-0.05, 0) is 31.2 Å². The predicted molar refractivity (Wildman–Crippen MR) is 76.5 cm³/mol. The van der Waals surface area contributed by atoms with E-state index in [0.29, 0.717) is 11.3 Å². The largest absolute Gasteiger partial charge is 0.465 e. The van der Waals surface area contributed by atoms with E-state index in [-0.39, 0.29) is 30.3 Å². The predicted octanol–water partition coefficient (Wildman–Crippen LogP) is 1.82. The molecule has 6 heteroatoms. The van der Waals surface area contributed by atoms with E-state index in [1.807, 2.05) is 0 Å². The molecule has 0 aliphatic rings. The third kappa shape index (κ3) is 4.89. The fourth-order valence-corrected chi connectivity index (χ4v) is 1.30. The summed E-state index contributed by atoms with van der Waals surface area (Å²) in [6, 6.07) is 6.28. The van der Waals surface area contributed by atoms with Crippen LogP contribution in [-0.4, -0.2) is 25.0 Å². The Bertz CT molecular complexity index is 432. The Kier molecular flexibility index (Phi) is 7.11. The first-order chi connectivity index (χ1) is 8.45. The Hall–Kier alpha value is -1.59. The molecule has 1 rings (SSSR count). The van der Waals surface area contributed by atoms with Crippen LogP contribution in [0.4, 0.5) is 5.69 Å². The number of hydrogen-bond acceptors (Lipinski definition) is 4. The van der Waals surface area contributed by atoms with E-state index in [0.717, 1.165) is 0 Å². The summed E-state index contributed by atoms with van der Waals surface area (Å²) in [6.07, 6.45) is 0. The highest BCUT2D eigenvalue weighted by atomic mass is 35.5. The molecular weight excluding hydrogens is 268 g/mol. The summed E-state index contributed by atoms with van der Waals surface area (Å²) < 4.78 is 4.58. The number of anilines is 1. The van der Waals surface area contributed by atoms with Gasteiger partial charge in [-0.15, -0.1) is 12.4 Å². The Balaban J connectivity index is 0.00000324. The number of ether oxygens (including phenoxy) is 1. The molecule has 1 aromatic carbocycles. The minimum Gasteiger partial charge on any atom is -0.465 e. The highest BCUT2D eigenvalue weighted by molar-refractivity contribution is 5.94. The van der Waals surface area contributed by atoms with Crippen LogP contribution in [0.15, 0.2) is 24.3 Å². The van der Waals surface area contributed by atoms with Crippen molar-refractivity contribution in [2.75, 3.05) is 12.4 Å². The van der Waals surface area contributed by atoms with Crippen LogP contribution in [0, 0.1) is 5.92 Å². The Morgan fingerprint density at radius 2 is 1.74 bits per heavy atom. The number of carbonyl (C=O) groups is 2. The van der Waals surface area contributed by atoms with Crippen molar-refractivity contribution in [2.45, 2.75) is 19.9 Å². The number of hydrogen-bond donors (Lipinski definition) is 2. The monoisotopic (exact) mass is 286 g/mol. The topological polar surface area (TPSA) is 81.4 Å². The van der Waals surface area contributed by atoms with Crippen molar-refractivity contribution in [2.24, 2.45) is 11.7 Å². The van der Waals surface area contributed by atoms with Crippen molar-refractivity contribution in [1.82, 2.24) is 0 Å². The summed E-state index contributed by atoms with van der Waals surface area (Å²) in [5.74, 6) is -0.821. The van der Waals surface area contributed by atoms with E-state index in [1.54, 1.807) is 38.1 Å². The molecule has 3 N–H and O–H groups in total. The second kappa shape index (κ2) is 7.76. The zero-order valence-electron chi connectivity index (χ0n) is 11.2. The summed E-state index contributed by atoms with van der Waals surface area (Å²) in [6.45, 7) is 3.55. The van der Waals surface area contributed by atoms with Gasteiger partial charge in [0.1, 0.15) is 0 Å². The third-order valence-electron chi connectivity index (χ3n) is 2.78. The number of esters is 1. The first-order valence-corrected chi connectivity index (χ1v) is 5.70. The van der Waals surface area contributed by atoms with Gasteiger partial charge in [0.15, 0.2) is 0 Å². The van der Waals surface area contributed by atoms with Gasteiger partial charge in [-0.1, -0.05) is 6.92 Å². The molecule has 0 radical (unpaired) electrons. The lowest BCUT2D eigenvalue weighted by Crippen LogP contribution is -2.34. The molecular formula is C13H19ClN2O3. The summed E-state index contributed by atoms with van der Waals surface area (Å²) in [5, 5.41) is 2.74. The lowest BCUT2D eigenvalue weighted by Gasteiger charge is -2.15. The molecule has 0 saturated heterocycles. The normalized spacial score (nSPS) is 12.8. The standard InChI is InChI=1S/C13H18N2O3.ClH/c1-8(9(2)14)12(16)15-11-6-4-10(5-7-11)13(17)18-3;/h4-9H,14H2,1-3H3,(H,15,16);1H. The van der Waals surface area contributed by atoms with E-state index in [9.17, 15) is 9.59 Å². The molecule has 0 fully saturated rings. The molecule has 0 heterocycles. The summed E-state index contributed by atoms with van der Waals surface area (Å²) in [4.78, 5) is 23.0. The highest BCUT2D eigenvalue weighted by Gasteiger charge is 2.17. The van der Waals surface area contributed by atoms with Crippen LogP contribution in [0.1, 0.15) is 24.2 Å². The molecule has 0 spiro atoms. The van der Waals surface area contributed by atoms with Crippen LogP contribution in [0.5, 0.6) is 0 Å². The lowest BCUT2D eigenvalue weighted by molar-refractivity contribution is -0.119. The van der Waals surface area contributed by atoms with Crippen molar-refractivity contribution in [1.29, 1.82) is 0 Å². The Morgan fingerprint density at radius 1 is 1.21 bits per heavy atom. The second-order valence-electron chi connectivity index (χ2n) is 4.21. The van der Waals surface area contributed by atoms with Crippen LogP contribution in [0.2, 0.25) is 0 Å². The average Bonchev–Trinajstić information content (AvgIpc) is 2.37. The molecule has 0 saturated carbocycles. The van der Waals surface area contributed by atoms with E-state index in [4.69, 9.17) is 5.73 Å². The Labute approximate surface area is 118 Å². The fourth-order valence-electron chi connectivity index (χ4n) is 1.30. The molecule has 1 amide bonds. The van der Waals surface area contributed by atoms with Crippen LogP contribution in [0.3, 0.4) is 0 Å². The van der Waals surface area contributed by atoms with Gasteiger partial charge in [0.25, 0.3) is 0 Å². The van der Waals surface area contributed by atoms with Gasteiger partial charge in [-0.25, -0.2) is 4.79 Å². The third-order valence-corrected chi connectivity index (χ3v) is 2.78. The van der Waals surface area contributed by atoms with Gasteiger partial charge in [0.05, 0.1) is 18.6 Å². The number of rotatable bonds is 4. The molecule has 2 unspecified atom stereocenters. The van der Waals surface area contributed by atoms with Crippen LogP contribution in [-0.2, 0) is 9.53 Å². The molecule has 19 heavy (non-hydrogen) atoms. The quantitative estimate of drug-likeness (QED) is 0.827. The molecule has 0 aromatic heterocycles. The number of nitrogens with one attached hydrogen (secondary N) is 1. The van der Waals surface area contributed by atoms with E-state index in [2.05, 4.69) is 10.1 Å². The SMILES string of the molecule is COC(=O)c1ccc(NC(=O)C(C)C(C)N)cc1.Cl. The summed E-state index contributed by atoms with van der Waals surface area (Å²) in [5.41, 5.74) is 6.72. The van der Waals surface area contributed by atoms with Crippen molar-refractivity contribution in [3.63, 3.8) is 0 Å². The van der Waals surface area contributed by atoms with Gasteiger partial charge in [-0.3, -0.25) is 4.79 Å². The highest BCUT2D eigenvalue weighted by Crippen LogP contribution is 2.12. The van der Waals surface area contributed by atoms with Crippen LogP contribution in [0.25, 0.3) is 0 Å². The minimum absolute atomic E-state index is 0. The van der Waals surface area contributed by atoms with Crippen LogP contribution < -0.4 is 11.1 Å². The first-order valence-electron chi connectivity index (χ1n) is 5.70. The second-order valence-corrected chi connectivity index (χ2v) is 4.21. The fraction of sp³-hybridized carbons (Fsp3) is 0.385. The lowest BCUT2D eigenvalue weighted by atomic mass is 10.0. The van der Waals surface area contributed by atoms with Crippen molar-refractivity contribution in [3.05, 3.63) is 29.8 Å². The van der Waals surface area contributed by atoms with Crippen LogP contribution >= 0.6 is 12.4 Å². The molecule has 5 nitrogen and oxygen atoms in total. The van der Waals surface area contributed by atoms with Crippen molar-refractivity contribution in [3.8, 4) is 0 Å². The maximum absolute atomic E-state index is 11.7. The molecule has 1 aromatic rings. The van der Waals surface area contributed by atoms with Gasteiger partial charge >= 0.3 is 5.97 Å². The first kappa shape index (κ1) is 17.4. The molecule has 0 aliphatic carbocycles. The maximum atomic E-state index is 11.7. The van der Waals surface area contributed by atoms with Gasteiger partial charge in [0.2, 0.25) is 5.91 Å². The van der Waals surface area contributed by atoms with E-state index in [1.165, 1.54) is 7.11 Å². The van der Waals surface area contributed by atoms with Crippen molar-refractivity contribution < 1.29 is 14.3 Å². The molecule has 2 atom stereocenters. The maximum Gasteiger partial charge on any atom is 0.337 e. The number of halogens is 1. The van der Waals surface area contributed by atoms with Gasteiger partial charge in [-0.2, -0.15) is 0 Å². The number of benzene rings is 1. The summed E-state index contributed by atoms with van der Waals surface area (Å²) >= 11 is 0. The van der Waals surface area contributed by atoms with E-state index >= 15 is 0 Å². The van der Waals surface area contributed by atoms with Gasteiger partial charge < -0.3 is 15.8 Å². The minimum atomic E-state index is -0.406. The van der Waals surface area contributed by atoms with Gasteiger partial charge in [0, 0.05) is 11.7 Å². The molecule has 106 valence electrons. The summed E-state index contributed by atoms with van der Waals surface area (Å²) in [7, 11) is 1.32. The average molecular weight is 287 g/mol. The number of amides is 1. The molecule has 0 aliphatic heterocycles. The smallest absolute Gasteiger partial charge is 0.337 e. The van der Waals surface area contributed by atoms with E-state index < -0.39 is 5.97 Å². The zero-order valence-corrected chi connectivity index (χ0v) is 12.0. The Morgan fingerprint density at radius 3 is 2.16 bits per heavy atom. The number of methoxy groups -OCH3 is 1. The molecule has 0 bridgehead atoms.